The number of ether oxygens (including phenoxy) is 2. The number of amides is 1. The minimum absolute atomic E-state index is 0.126. The van der Waals surface area contributed by atoms with Crippen molar-refractivity contribution in [3.63, 3.8) is 0 Å². The number of carbonyl (C=O) groups excluding carboxylic acids is 1. The molecule has 2 aromatic heterocycles. The van der Waals surface area contributed by atoms with Crippen molar-refractivity contribution in [1.29, 1.82) is 0 Å². The summed E-state index contributed by atoms with van der Waals surface area (Å²) in [5, 5.41) is 0. The van der Waals surface area contributed by atoms with Gasteiger partial charge in [0.05, 0.1) is 0 Å². The van der Waals surface area contributed by atoms with Crippen molar-refractivity contribution in [2.45, 2.75) is 63.7 Å². The first-order valence-electron chi connectivity index (χ1n) is 12.8. The molecule has 0 bridgehead atoms. The fourth-order valence-electron chi connectivity index (χ4n) is 4.49. The molecule has 1 aliphatic rings. The van der Waals surface area contributed by atoms with Gasteiger partial charge in [-0.25, -0.2) is 0 Å². The van der Waals surface area contributed by atoms with Gasteiger partial charge in [-0.15, -0.1) is 0 Å². The van der Waals surface area contributed by atoms with E-state index in [2.05, 4.69) is 15.0 Å². The standard InChI is InChI=1S/C26H35N4O7PSe/c1-6-35-38(33,36-7-2)16-34-24-20(39-17-11-9-8-10-12-17)13-19(30(24)25(32)37-26(3,4)5)18-14-27-22-21(18)28-15-29-23(22)31/h8-12,14-15,19-20,24,27H,6-7,13,16H2,1-5H3,(H,28,29,31)/t19-,20+,24-/m1/s1. The molecule has 0 spiro atoms. The Balaban J connectivity index is 1.77. The number of nitrogens with one attached hydrogen (secondary N) is 2. The minimum atomic E-state index is -3.56. The molecular weight excluding hydrogens is 590 g/mol. The van der Waals surface area contributed by atoms with Crippen LogP contribution < -0.4 is 10.0 Å². The second kappa shape index (κ2) is 12.4. The predicted octanol–water partition coefficient (Wildman–Crippen LogP) is 4.32. The van der Waals surface area contributed by atoms with Crippen molar-refractivity contribution < 1.29 is 27.9 Å². The van der Waals surface area contributed by atoms with Crippen LogP contribution in [0.3, 0.4) is 0 Å². The van der Waals surface area contributed by atoms with Crippen LogP contribution in [-0.2, 0) is 23.1 Å². The van der Waals surface area contributed by atoms with Crippen LogP contribution in [-0.4, -0.2) is 72.3 Å². The van der Waals surface area contributed by atoms with Crippen molar-refractivity contribution in [3.8, 4) is 0 Å². The summed E-state index contributed by atoms with van der Waals surface area (Å²) in [6, 6.07) is 9.47. The number of hydrogen-bond donors (Lipinski definition) is 2. The van der Waals surface area contributed by atoms with Gasteiger partial charge >= 0.3 is 234 Å². The number of hydrogen-bond acceptors (Lipinski definition) is 8. The van der Waals surface area contributed by atoms with E-state index in [-0.39, 0.29) is 44.9 Å². The first-order valence-corrected chi connectivity index (χ1v) is 16.4. The Hall–Kier alpha value is -2.46. The third kappa shape index (κ3) is 7.01. The normalized spacial score (nSPS) is 20.0. The summed E-state index contributed by atoms with van der Waals surface area (Å²) in [6.45, 7) is 9.23. The summed E-state index contributed by atoms with van der Waals surface area (Å²) >= 11 is -0.126. The van der Waals surface area contributed by atoms with E-state index in [4.69, 9.17) is 18.5 Å². The van der Waals surface area contributed by atoms with E-state index in [1.54, 1.807) is 45.7 Å². The number of aromatic amines is 2. The third-order valence-corrected chi connectivity index (χ3v) is 10.4. The maximum atomic E-state index is 13.8. The molecule has 0 unspecified atom stereocenters. The average Bonchev–Trinajstić information content (AvgIpc) is 3.45. The summed E-state index contributed by atoms with van der Waals surface area (Å²) in [5.74, 6) is 0. The van der Waals surface area contributed by atoms with E-state index in [1.165, 1.54) is 6.33 Å². The van der Waals surface area contributed by atoms with E-state index in [1.807, 2.05) is 30.3 Å². The molecule has 0 saturated carbocycles. The van der Waals surface area contributed by atoms with E-state index in [0.29, 0.717) is 23.0 Å². The van der Waals surface area contributed by atoms with E-state index in [0.717, 1.165) is 4.46 Å². The van der Waals surface area contributed by atoms with Crippen LogP contribution in [0, 0.1) is 0 Å². The molecule has 1 amide bonds. The number of rotatable bonds is 10. The Labute approximate surface area is 233 Å². The quantitative estimate of drug-likeness (QED) is 0.251. The number of aromatic nitrogens is 3. The van der Waals surface area contributed by atoms with Crippen LogP contribution >= 0.6 is 7.60 Å². The van der Waals surface area contributed by atoms with Gasteiger partial charge in [-0.05, 0) is 0 Å². The number of H-pyrrole nitrogens is 2. The molecule has 4 rings (SSSR count). The zero-order valence-electron chi connectivity index (χ0n) is 22.7. The zero-order valence-corrected chi connectivity index (χ0v) is 25.3. The summed E-state index contributed by atoms with van der Waals surface area (Å²) in [7, 11) is -3.56. The van der Waals surface area contributed by atoms with Gasteiger partial charge < -0.3 is 0 Å². The molecule has 212 valence electrons. The van der Waals surface area contributed by atoms with Gasteiger partial charge in [0.15, 0.2) is 0 Å². The van der Waals surface area contributed by atoms with Crippen molar-refractivity contribution in [2.24, 2.45) is 0 Å². The summed E-state index contributed by atoms with van der Waals surface area (Å²) in [6.07, 6.45) is 1.88. The number of benzene rings is 1. The predicted molar refractivity (Wildman–Crippen MR) is 148 cm³/mol. The fourth-order valence-corrected chi connectivity index (χ4v) is 8.50. The zero-order chi connectivity index (χ0) is 28.2. The number of carbonyl (C=O) groups is 1. The van der Waals surface area contributed by atoms with Gasteiger partial charge in [0.25, 0.3) is 0 Å². The first kappa shape index (κ1) is 29.5. The van der Waals surface area contributed by atoms with E-state index in [9.17, 15) is 14.2 Å². The molecular formula is C26H35N4O7PSe. The second-order valence-electron chi connectivity index (χ2n) is 9.94. The molecule has 1 aliphatic heterocycles. The third-order valence-electron chi connectivity index (χ3n) is 5.93. The molecule has 13 heteroatoms. The van der Waals surface area contributed by atoms with Gasteiger partial charge in [0.2, 0.25) is 0 Å². The van der Waals surface area contributed by atoms with Crippen molar-refractivity contribution in [3.05, 3.63) is 58.8 Å². The average molecular weight is 626 g/mol. The van der Waals surface area contributed by atoms with Gasteiger partial charge in [-0.3, -0.25) is 0 Å². The topological polar surface area (TPSA) is 136 Å². The second-order valence-corrected chi connectivity index (χ2v) is 14.7. The summed E-state index contributed by atoms with van der Waals surface area (Å²) in [4.78, 5) is 37.5. The van der Waals surface area contributed by atoms with Crippen molar-refractivity contribution in [1.82, 2.24) is 19.9 Å². The molecule has 3 heterocycles. The fraction of sp³-hybridized carbons (Fsp3) is 0.500. The van der Waals surface area contributed by atoms with Crippen LogP contribution in [0.1, 0.15) is 52.6 Å². The van der Waals surface area contributed by atoms with Gasteiger partial charge in [-0.2, -0.15) is 0 Å². The molecule has 39 heavy (non-hydrogen) atoms. The molecule has 1 fully saturated rings. The molecule has 0 aliphatic carbocycles. The molecule has 11 nitrogen and oxygen atoms in total. The molecule has 3 atom stereocenters. The Kier molecular flexibility index (Phi) is 9.36. The Morgan fingerprint density at radius 1 is 1.15 bits per heavy atom. The van der Waals surface area contributed by atoms with Crippen LogP contribution in [0.5, 0.6) is 0 Å². The van der Waals surface area contributed by atoms with E-state index < -0.39 is 31.6 Å². The van der Waals surface area contributed by atoms with Crippen molar-refractivity contribution >= 4 is 44.1 Å². The number of nitrogens with zero attached hydrogens (tertiary/aromatic N) is 2. The number of fused-ring (bicyclic) bond motifs is 1. The molecule has 3 aromatic rings. The summed E-state index contributed by atoms with van der Waals surface area (Å²) in [5.41, 5.74) is 0.401. The van der Waals surface area contributed by atoms with Crippen LogP contribution in [0.2, 0.25) is 4.82 Å². The summed E-state index contributed by atoms with van der Waals surface area (Å²) < 4.78 is 37.5. The number of likely N-dealkylation sites (tertiary alicyclic amines) is 1. The monoisotopic (exact) mass is 626 g/mol. The molecule has 0 radical (unpaired) electrons. The molecule has 1 aromatic carbocycles. The molecule has 2 N–H and O–H groups in total. The first-order chi connectivity index (χ1) is 18.5. The van der Waals surface area contributed by atoms with Crippen LogP contribution in [0.4, 0.5) is 4.79 Å². The maximum absolute atomic E-state index is 13.8. The Morgan fingerprint density at radius 3 is 2.49 bits per heavy atom. The van der Waals surface area contributed by atoms with Crippen LogP contribution in [0.25, 0.3) is 11.0 Å². The van der Waals surface area contributed by atoms with Crippen molar-refractivity contribution in [2.75, 3.05) is 19.6 Å². The SMILES string of the molecule is CCOP(=O)(CO[C@@H]1[C@@H]([Se]c2ccccc2)C[C@H](c2c[nH]c3c(=O)[nH]cnc23)N1C(=O)OC(C)(C)C)OCC. The van der Waals surface area contributed by atoms with Crippen LogP contribution in [0.15, 0.2) is 47.7 Å². The molecule has 1 saturated heterocycles. The van der Waals surface area contributed by atoms with E-state index >= 15 is 0 Å². The Morgan fingerprint density at radius 2 is 1.85 bits per heavy atom. The van der Waals surface area contributed by atoms with Gasteiger partial charge in [0, 0.05) is 0 Å². The van der Waals surface area contributed by atoms with Gasteiger partial charge in [-0.1, -0.05) is 0 Å². The Bertz CT molecular complexity index is 1360. The van der Waals surface area contributed by atoms with Gasteiger partial charge in [0.1, 0.15) is 0 Å².